The minimum atomic E-state index is -0.0583. The van der Waals surface area contributed by atoms with Gasteiger partial charge in [0.2, 0.25) is 0 Å². The quantitative estimate of drug-likeness (QED) is 0.294. The standard InChI is InChI=1S/C21H18N6OS/c1-13-7-3-4-8-14(13)20-25-26-21(27(20)2)29-12-18(28)15(11-22)19-23-16-9-5-6-10-17(16)24-19/h3-10,28H,12H2,1-2H3,(H,23,24)/b18-15-. The number of aliphatic hydroxyl groups is 1. The molecular weight excluding hydrogens is 384 g/mol. The average Bonchev–Trinajstić information content (AvgIpc) is 3.31. The first-order chi connectivity index (χ1) is 14.1. The highest BCUT2D eigenvalue weighted by atomic mass is 32.2. The molecule has 0 saturated heterocycles. The second-order valence-electron chi connectivity index (χ2n) is 6.50. The maximum atomic E-state index is 10.5. The molecule has 0 aliphatic heterocycles. The number of nitrogens with zero attached hydrogens (tertiary/aromatic N) is 5. The molecule has 0 unspecified atom stereocenters. The molecule has 0 radical (unpaired) electrons. The highest BCUT2D eigenvalue weighted by Gasteiger charge is 2.16. The molecule has 4 rings (SSSR count). The monoisotopic (exact) mass is 402 g/mol. The minimum absolute atomic E-state index is 0.0583. The summed E-state index contributed by atoms with van der Waals surface area (Å²) in [5.74, 6) is 1.23. The van der Waals surface area contributed by atoms with Crippen molar-refractivity contribution in [3.05, 3.63) is 65.7 Å². The summed E-state index contributed by atoms with van der Waals surface area (Å²) in [6, 6.07) is 17.5. The molecule has 0 spiro atoms. The molecule has 0 fully saturated rings. The number of aromatic amines is 1. The Morgan fingerprint density at radius 2 is 1.93 bits per heavy atom. The second-order valence-corrected chi connectivity index (χ2v) is 7.45. The van der Waals surface area contributed by atoms with Crippen molar-refractivity contribution < 1.29 is 5.11 Å². The van der Waals surface area contributed by atoms with Crippen molar-refractivity contribution in [2.45, 2.75) is 12.1 Å². The molecule has 29 heavy (non-hydrogen) atoms. The van der Waals surface area contributed by atoms with Crippen molar-refractivity contribution >= 4 is 28.4 Å². The summed E-state index contributed by atoms with van der Waals surface area (Å²) < 4.78 is 1.88. The molecule has 8 heteroatoms. The first-order valence-corrected chi connectivity index (χ1v) is 9.92. The number of imidazole rings is 1. The van der Waals surface area contributed by atoms with Crippen molar-refractivity contribution in [3.8, 4) is 17.5 Å². The van der Waals surface area contributed by atoms with E-state index in [1.54, 1.807) is 0 Å². The number of rotatable bonds is 5. The molecule has 2 heterocycles. The Kier molecular flexibility index (Phi) is 5.06. The zero-order chi connectivity index (χ0) is 20.4. The van der Waals surface area contributed by atoms with E-state index in [2.05, 4.69) is 20.2 Å². The van der Waals surface area contributed by atoms with Gasteiger partial charge in [-0.2, -0.15) is 5.26 Å². The Hall–Kier alpha value is -3.57. The fraction of sp³-hybridized carbons (Fsp3) is 0.143. The number of aromatic nitrogens is 5. The van der Waals surface area contributed by atoms with E-state index in [4.69, 9.17) is 0 Å². The van der Waals surface area contributed by atoms with Gasteiger partial charge in [0.1, 0.15) is 17.4 Å². The predicted molar refractivity (Wildman–Crippen MR) is 113 cm³/mol. The van der Waals surface area contributed by atoms with E-state index in [0.717, 1.165) is 28.0 Å². The lowest BCUT2D eigenvalue weighted by Crippen LogP contribution is -1.99. The third-order valence-corrected chi connectivity index (χ3v) is 5.62. The summed E-state index contributed by atoms with van der Waals surface area (Å²) in [7, 11) is 1.88. The molecule has 4 aromatic rings. The molecule has 144 valence electrons. The number of aliphatic hydroxyl groups excluding tert-OH is 1. The Morgan fingerprint density at radius 1 is 1.17 bits per heavy atom. The van der Waals surface area contributed by atoms with Gasteiger partial charge in [-0.1, -0.05) is 48.2 Å². The maximum absolute atomic E-state index is 10.5. The number of para-hydroxylation sites is 2. The fourth-order valence-corrected chi connectivity index (χ4v) is 3.82. The van der Waals surface area contributed by atoms with Crippen LogP contribution in [0.4, 0.5) is 0 Å². The van der Waals surface area contributed by atoms with Crippen LogP contribution in [0.5, 0.6) is 0 Å². The second kappa shape index (κ2) is 7.81. The van der Waals surface area contributed by atoms with Crippen LogP contribution in [0.25, 0.3) is 28.0 Å². The number of aryl methyl sites for hydroxylation is 1. The normalized spacial score (nSPS) is 12.0. The topological polar surface area (TPSA) is 103 Å². The van der Waals surface area contributed by atoms with Gasteiger partial charge in [0.25, 0.3) is 0 Å². The maximum Gasteiger partial charge on any atom is 0.191 e. The number of nitriles is 1. The predicted octanol–water partition coefficient (Wildman–Crippen LogP) is 4.25. The lowest BCUT2D eigenvalue weighted by atomic mass is 10.1. The highest BCUT2D eigenvalue weighted by Crippen LogP contribution is 2.27. The van der Waals surface area contributed by atoms with Crippen molar-refractivity contribution in [3.63, 3.8) is 0 Å². The van der Waals surface area contributed by atoms with Crippen LogP contribution in [-0.4, -0.2) is 35.6 Å². The van der Waals surface area contributed by atoms with Gasteiger partial charge >= 0.3 is 0 Å². The third kappa shape index (κ3) is 3.60. The number of hydrogen-bond acceptors (Lipinski definition) is 6. The first kappa shape index (κ1) is 18.8. The summed E-state index contributed by atoms with van der Waals surface area (Å²) in [5, 5.41) is 29.2. The molecular formula is C21H18N6OS. The number of fused-ring (bicyclic) bond motifs is 1. The van der Waals surface area contributed by atoms with E-state index in [-0.39, 0.29) is 17.1 Å². The number of nitrogens with one attached hydrogen (secondary N) is 1. The van der Waals surface area contributed by atoms with Crippen molar-refractivity contribution in [2.24, 2.45) is 7.05 Å². The smallest absolute Gasteiger partial charge is 0.191 e. The molecule has 2 N–H and O–H groups in total. The number of allylic oxidation sites excluding steroid dienone is 1. The van der Waals surface area contributed by atoms with Gasteiger partial charge in [0, 0.05) is 12.6 Å². The summed E-state index contributed by atoms with van der Waals surface area (Å²) in [6.07, 6.45) is 0. The largest absolute Gasteiger partial charge is 0.510 e. The molecule has 2 aromatic heterocycles. The minimum Gasteiger partial charge on any atom is -0.510 e. The summed E-state index contributed by atoms with van der Waals surface area (Å²) >= 11 is 1.31. The van der Waals surface area contributed by atoms with Crippen LogP contribution < -0.4 is 0 Å². The van der Waals surface area contributed by atoms with Crippen molar-refractivity contribution in [2.75, 3.05) is 5.75 Å². The number of benzene rings is 2. The Labute approximate surface area is 171 Å². The van der Waals surface area contributed by atoms with E-state index in [0.29, 0.717) is 11.0 Å². The molecule has 0 aliphatic rings. The zero-order valence-corrected chi connectivity index (χ0v) is 16.7. The Morgan fingerprint density at radius 3 is 2.69 bits per heavy atom. The molecule has 0 amide bonds. The summed E-state index contributed by atoms with van der Waals surface area (Å²) in [6.45, 7) is 2.03. The average molecular weight is 402 g/mol. The van der Waals surface area contributed by atoms with Crippen molar-refractivity contribution in [1.82, 2.24) is 24.7 Å². The van der Waals surface area contributed by atoms with Gasteiger partial charge in [-0.3, -0.25) is 0 Å². The number of thioether (sulfide) groups is 1. The van der Waals surface area contributed by atoms with E-state index in [9.17, 15) is 10.4 Å². The molecule has 0 bridgehead atoms. The lowest BCUT2D eigenvalue weighted by molar-refractivity contribution is 0.420. The highest BCUT2D eigenvalue weighted by molar-refractivity contribution is 7.99. The summed E-state index contributed by atoms with van der Waals surface area (Å²) in [4.78, 5) is 7.47. The lowest BCUT2D eigenvalue weighted by Gasteiger charge is -2.06. The van der Waals surface area contributed by atoms with Crippen LogP contribution in [0.3, 0.4) is 0 Å². The Bertz CT molecular complexity index is 1230. The van der Waals surface area contributed by atoms with Crippen molar-refractivity contribution in [1.29, 1.82) is 5.26 Å². The van der Waals surface area contributed by atoms with E-state index in [1.807, 2.05) is 73.1 Å². The van der Waals surface area contributed by atoms with Crippen LogP contribution in [0, 0.1) is 18.3 Å². The molecule has 0 saturated carbocycles. The van der Waals surface area contributed by atoms with E-state index >= 15 is 0 Å². The number of H-pyrrole nitrogens is 1. The van der Waals surface area contributed by atoms with Gasteiger partial charge in [-0.05, 0) is 24.6 Å². The Balaban J connectivity index is 1.58. The van der Waals surface area contributed by atoms with Gasteiger partial charge in [0.15, 0.2) is 16.8 Å². The van der Waals surface area contributed by atoms with Gasteiger partial charge < -0.3 is 14.7 Å². The first-order valence-electron chi connectivity index (χ1n) is 8.94. The summed E-state index contributed by atoms with van der Waals surface area (Å²) in [5.41, 5.74) is 3.79. The SMILES string of the molecule is Cc1ccccc1-c1nnc(SC/C(O)=C(\C#N)c2nc3ccccc3[nH]2)n1C. The molecule has 0 atom stereocenters. The third-order valence-electron chi connectivity index (χ3n) is 4.59. The molecule has 0 aliphatic carbocycles. The number of hydrogen-bond donors (Lipinski definition) is 2. The van der Waals surface area contributed by atoms with Crippen LogP contribution in [0.15, 0.2) is 59.4 Å². The van der Waals surface area contributed by atoms with Gasteiger partial charge in [0.05, 0.1) is 16.8 Å². The molecule has 7 nitrogen and oxygen atoms in total. The van der Waals surface area contributed by atoms with Gasteiger partial charge in [-0.25, -0.2) is 4.98 Å². The van der Waals surface area contributed by atoms with Crippen LogP contribution >= 0.6 is 11.8 Å². The van der Waals surface area contributed by atoms with Crippen LogP contribution in [-0.2, 0) is 7.05 Å². The fourth-order valence-electron chi connectivity index (χ4n) is 3.03. The van der Waals surface area contributed by atoms with E-state index in [1.165, 1.54) is 11.8 Å². The molecule has 2 aromatic carbocycles. The van der Waals surface area contributed by atoms with Gasteiger partial charge in [-0.15, -0.1) is 10.2 Å². The zero-order valence-electron chi connectivity index (χ0n) is 15.9. The van der Waals surface area contributed by atoms with Crippen LogP contribution in [0.1, 0.15) is 11.4 Å². The van der Waals surface area contributed by atoms with E-state index < -0.39 is 0 Å². The van der Waals surface area contributed by atoms with Crippen LogP contribution in [0.2, 0.25) is 0 Å².